The van der Waals surface area contributed by atoms with Crippen molar-refractivity contribution >= 4 is 10.9 Å². The fourth-order valence-electron chi connectivity index (χ4n) is 2.37. The second-order valence-electron chi connectivity index (χ2n) is 7.68. The Morgan fingerprint density at radius 1 is 1.10 bits per heavy atom. The second kappa shape index (κ2) is 4.72. The molecule has 0 fully saturated rings. The summed E-state index contributed by atoms with van der Waals surface area (Å²) in [7, 11) is 0. The Hall–Kier alpha value is -1.64. The van der Waals surface area contributed by atoms with Crippen molar-refractivity contribution in [2.24, 2.45) is 5.41 Å². The number of rotatable bonds is 1. The summed E-state index contributed by atoms with van der Waals surface area (Å²) >= 11 is 0. The van der Waals surface area contributed by atoms with Crippen molar-refractivity contribution in [2.75, 3.05) is 0 Å². The van der Waals surface area contributed by atoms with Crippen molar-refractivity contribution in [3.05, 3.63) is 40.4 Å². The summed E-state index contributed by atoms with van der Waals surface area (Å²) < 4.78 is 1.70. The van der Waals surface area contributed by atoms with Crippen LogP contribution in [0.4, 0.5) is 0 Å². The molecule has 0 unspecified atom stereocenters. The standard InChI is InChI=1S/C17H24N2O/c1-16(2,3)10-12-7-8-14-13(9-12)15(20)19(11-18-14)17(4,5)6/h7-9,11H,10H2,1-6H3. The Bertz CT molecular complexity index is 685. The summed E-state index contributed by atoms with van der Waals surface area (Å²) in [4.78, 5) is 17.0. The monoisotopic (exact) mass is 272 g/mol. The zero-order valence-corrected chi connectivity index (χ0v) is 13.3. The zero-order valence-electron chi connectivity index (χ0n) is 13.3. The number of aromatic nitrogens is 2. The molecule has 1 aromatic heterocycles. The summed E-state index contributed by atoms with van der Waals surface area (Å²) in [6.45, 7) is 12.7. The number of hydrogen-bond donors (Lipinski definition) is 0. The normalized spacial score (nSPS) is 12.9. The Labute approximate surface area is 120 Å². The molecule has 0 radical (unpaired) electrons. The first kappa shape index (κ1) is 14.8. The van der Waals surface area contributed by atoms with Crippen LogP contribution < -0.4 is 5.56 Å². The molecule has 0 bridgehead atoms. The molecular formula is C17H24N2O. The van der Waals surface area contributed by atoms with Crippen LogP contribution in [0.3, 0.4) is 0 Å². The van der Waals surface area contributed by atoms with Crippen LogP contribution in [-0.4, -0.2) is 9.55 Å². The van der Waals surface area contributed by atoms with Gasteiger partial charge in [-0.3, -0.25) is 9.36 Å². The minimum atomic E-state index is -0.252. The van der Waals surface area contributed by atoms with E-state index in [0.717, 1.165) is 11.9 Å². The van der Waals surface area contributed by atoms with Gasteiger partial charge in [-0.2, -0.15) is 0 Å². The highest BCUT2D eigenvalue weighted by Gasteiger charge is 2.17. The maximum atomic E-state index is 12.6. The largest absolute Gasteiger partial charge is 0.293 e. The molecule has 0 aliphatic rings. The maximum absolute atomic E-state index is 12.6. The Balaban J connectivity index is 2.61. The first-order valence-corrected chi connectivity index (χ1v) is 7.09. The van der Waals surface area contributed by atoms with Gasteiger partial charge in [-0.25, -0.2) is 4.98 Å². The molecule has 0 aliphatic carbocycles. The van der Waals surface area contributed by atoms with Crippen LogP contribution in [0.5, 0.6) is 0 Å². The maximum Gasteiger partial charge on any atom is 0.261 e. The summed E-state index contributed by atoms with van der Waals surface area (Å²) in [6, 6.07) is 6.02. The number of hydrogen-bond acceptors (Lipinski definition) is 2. The highest BCUT2D eigenvalue weighted by atomic mass is 16.1. The minimum Gasteiger partial charge on any atom is -0.293 e. The number of benzene rings is 1. The predicted molar refractivity (Wildman–Crippen MR) is 84.2 cm³/mol. The van der Waals surface area contributed by atoms with Gasteiger partial charge in [-0.05, 0) is 50.3 Å². The lowest BCUT2D eigenvalue weighted by Gasteiger charge is -2.22. The van der Waals surface area contributed by atoms with Gasteiger partial charge in [0.15, 0.2) is 0 Å². The zero-order chi connectivity index (χ0) is 15.1. The first-order chi connectivity index (χ1) is 9.08. The second-order valence-corrected chi connectivity index (χ2v) is 7.68. The van der Waals surface area contributed by atoms with Crippen LogP contribution in [0.2, 0.25) is 0 Å². The third-order valence-electron chi connectivity index (χ3n) is 3.28. The van der Waals surface area contributed by atoms with E-state index in [1.165, 1.54) is 5.56 Å². The van der Waals surface area contributed by atoms with Gasteiger partial charge < -0.3 is 0 Å². The van der Waals surface area contributed by atoms with Crippen molar-refractivity contribution in [1.29, 1.82) is 0 Å². The van der Waals surface area contributed by atoms with Crippen LogP contribution >= 0.6 is 0 Å². The van der Waals surface area contributed by atoms with Crippen molar-refractivity contribution in [3.63, 3.8) is 0 Å². The fraction of sp³-hybridized carbons (Fsp3) is 0.529. The molecule has 3 heteroatoms. The fourth-order valence-corrected chi connectivity index (χ4v) is 2.37. The van der Waals surface area contributed by atoms with E-state index in [2.05, 4.69) is 31.8 Å². The van der Waals surface area contributed by atoms with Crippen LogP contribution in [0.1, 0.15) is 47.1 Å². The van der Waals surface area contributed by atoms with Crippen molar-refractivity contribution in [3.8, 4) is 0 Å². The smallest absolute Gasteiger partial charge is 0.261 e. The Kier molecular flexibility index (Phi) is 3.49. The van der Waals surface area contributed by atoms with E-state index in [-0.39, 0.29) is 16.5 Å². The van der Waals surface area contributed by atoms with E-state index >= 15 is 0 Å². The van der Waals surface area contributed by atoms with E-state index in [1.54, 1.807) is 10.9 Å². The molecule has 108 valence electrons. The van der Waals surface area contributed by atoms with Crippen molar-refractivity contribution < 1.29 is 0 Å². The predicted octanol–water partition coefficient (Wildman–Crippen LogP) is 3.74. The molecule has 0 aliphatic heterocycles. The van der Waals surface area contributed by atoms with Gasteiger partial charge >= 0.3 is 0 Å². The van der Waals surface area contributed by atoms with Crippen molar-refractivity contribution in [1.82, 2.24) is 9.55 Å². The highest BCUT2D eigenvalue weighted by Crippen LogP contribution is 2.22. The van der Waals surface area contributed by atoms with Crippen LogP contribution in [-0.2, 0) is 12.0 Å². The molecule has 1 heterocycles. The number of nitrogens with zero attached hydrogens (tertiary/aromatic N) is 2. The molecule has 1 aromatic carbocycles. The molecule has 0 saturated carbocycles. The van der Waals surface area contributed by atoms with E-state index in [9.17, 15) is 4.79 Å². The Morgan fingerprint density at radius 2 is 1.75 bits per heavy atom. The highest BCUT2D eigenvalue weighted by molar-refractivity contribution is 5.78. The number of fused-ring (bicyclic) bond motifs is 1. The summed E-state index contributed by atoms with van der Waals surface area (Å²) in [5.74, 6) is 0. The molecule has 0 N–H and O–H groups in total. The van der Waals surface area contributed by atoms with Gasteiger partial charge in [0.25, 0.3) is 5.56 Å². The average molecular weight is 272 g/mol. The lowest BCUT2D eigenvalue weighted by molar-refractivity contribution is 0.381. The average Bonchev–Trinajstić information content (AvgIpc) is 2.26. The molecule has 2 aromatic rings. The van der Waals surface area contributed by atoms with Gasteiger partial charge in [-0.1, -0.05) is 26.8 Å². The van der Waals surface area contributed by atoms with Crippen LogP contribution in [0.25, 0.3) is 10.9 Å². The molecule has 0 saturated heterocycles. The summed E-state index contributed by atoms with van der Waals surface area (Å²) in [5.41, 5.74) is 1.96. The van der Waals surface area contributed by atoms with E-state index in [4.69, 9.17) is 0 Å². The first-order valence-electron chi connectivity index (χ1n) is 7.09. The van der Waals surface area contributed by atoms with Gasteiger partial charge in [0.05, 0.1) is 17.2 Å². The summed E-state index contributed by atoms with van der Waals surface area (Å²) in [5, 5.41) is 0.712. The van der Waals surface area contributed by atoms with Gasteiger partial charge in [0.1, 0.15) is 0 Å². The minimum absolute atomic E-state index is 0.0401. The quantitative estimate of drug-likeness (QED) is 0.792. The molecule has 20 heavy (non-hydrogen) atoms. The van der Waals surface area contributed by atoms with Gasteiger partial charge in [0, 0.05) is 5.54 Å². The molecule has 2 rings (SSSR count). The molecule has 0 spiro atoms. The molecular weight excluding hydrogens is 248 g/mol. The Morgan fingerprint density at radius 3 is 2.30 bits per heavy atom. The summed E-state index contributed by atoms with van der Waals surface area (Å²) in [6.07, 6.45) is 2.60. The van der Waals surface area contributed by atoms with E-state index < -0.39 is 0 Å². The SMILES string of the molecule is CC(C)(C)Cc1ccc2ncn(C(C)(C)C)c(=O)c2c1. The van der Waals surface area contributed by atoms with Crippen LogP contribution in [0, 0.1) is 5.41 Å². The molecule has 0 amide bonds. The van der Waals surface area contributed by atoms with Crippen molar-refractivity contribution in [2.45, 2.75) is 53.5 Å². The molecule has 0 atom stereocenters. The van der Waals surface area contributed by atoms with E-state index in [1.807, 2.05) is 32.9 Å². The molecule has 3 nitrogen and oxygen atoms in total. The third-order valence-corrected chi connectivity index (χ3v) is 3.28. The lowest BCUT2D eigenvalue weighted by Crippen LogP contribution is -2.33. The van der Waals surface area contributed by atoms with Gasteiger partial charge in [0.2, 0.25) is 0 Å². The van der Waals surface area contributed by atoms with E-state index in [0.29, 0.717) is 5.39 Å². The van der Waals surface area contributed by atoms with Crippen LogP contribution in [0.15, 0.2) is 29.3 Å². The third kappa shape index (κ3) is 3.09. The lowest BCUT2D eigenvalue weighted by atomic mass is 9.88. The topological polar surface area (TPSA) is 34.9 Å². The van der Waals surface area contributed by atoms with Gasteiger partial charge in [-0.15, -0.1) is 0 Å².